The molecule has 0 bridgehead atoms. The van der Waals surface area contributed by atoms with Gasteiger partial charge in [0, 0.05) is 17.3 Å². The van der Waals surface area contributed by atoms with E-state index in [1.54, 1.807) is 6.20 Å². The number of nitrogens with zero attached hydrogens (tertiary/aromatic N) is 2. The lowest BCUT2D eigenvalue weighted by Crippen LogP contribution is -1.85. The van der Waals surface area contributed by atoms with Gasteiger partial charge in [0.2, 0.25) is 0 Å². The van der Waals surface area contributed by atoms with E-state index in [9.17, 15) is 0 Å². The highest BCUT2D eigenvalue weighted by molar-refractivity contribution is 6.05. The Morgan fingerprint density at radius 3 is 2.85 bits per heavy atom. The van der Waals surface area contributed by atoms with E-state index in [0.717, 1.165) is 16.6 Å². The van der Waals surface area contributed by atoms with Gasteiger partial charge in [0.15, 0.2) is 0 Å². The number of aromatic nitrogens is 2. The molecule has 0 aliphatic heterocycles. The van der Waals surface area contributed by atoms with Crippen molar-refractivity contribution in [2.24, 2.45) is 0 Å². The Balaban J connectivity index is 0.000000396. The largest absolute Gasteiger partial charge is 0.399 e. The summed E-state index contributed by atoms with van der Waals surface area (Å²) in [5.74, 6) is 0. The maximum absolute atomic E-state index is 5.57. The molecule has 2 rings (SSSR count). The van der Waals surface area contributed by atoms with Crippen molar-refractivity contribution < 1.29 is 0 Å². The predicted molar refractivity (Wildman–Crippen MR) is 55.6 cm³/mol. The zero-order valence-corrected chi connectivity index (χ0v) is 7.44. The summed E-state index contributed by atoms with van der Waals surface area (Å²) in [6, 6.07) is 5.57. The van der Waals surface area contributed by atoms with Crippen LogP contribution in [0.4, 0.5) is 5.69 Å². The monoisotopic (exact) mass is 171 g/mol. The number of anilines is 1. The van der Waals surface area contributed by atoms with E-state index in [1.165, 1.54) is 13.2 Å². The van der Waals surface area contributed by atoms with Crippen molar-refractivity contribution in [3.05, 3.63) is 30.7 Å². The molecule has 64 valence electrons. The molecule has 3 nitrogen and oxygen atoms in total. The number of hydrogen-bond donors (Lipinski definition) is 1. The Bertz CT molecular complexity index is 389. The van der Waals surface area contributed by atoms with Crippen LogP contribution in [0.2, 0.25) is 6.82 Å². The van der Waals surface area contributed by atoms with E-state index in [1.807, 2.05) is 18.2 Å². The molecule has 13 heavy (non-hydrogen) atoms. The molecule has 0 aliphatic carbocycles. The first kappa shape index (κ1) is 9.51. The van der Waals surface area contributed by atoms with Gasteiger partial charge in [-0.15, -0.1) is 0 Å². The Morgan fingerprint density at radius 2 is 2.08 bits per heavy atom. The van der Waals surface area contributed by atoms with E-state index in [2.05, 4.69) is 17.8 Å². The summed E-state index contributed by atoms with van der Waals surface area (Å²) in [5, 5.41) is 0.979. The zero-order chi connectivity index (χ0) is 9.68. The number of benzene rings is 1. The first-order chi connectivity index (χ1) is 6.36. The van der Waals surface area contributed by atoms with Crippen LogP contribution in [-0.4, -0.2) is 17.8 Å². The molecular formula is C9H10BN3. The molecule has 0 saturated heterocycles. The molecule has 0 aliphatic rings. The fourth-order valence-corrected chi connectivity index (χ4v) is 1.00. The van der Waals surface area contributed by atoms with Crippen LogP contribution < -0.4 is 5.73 Å². The summed E-state index contributed by atoms with van der Waals surface area (Å²) < 4.78 is 0. The standard InChI is InChI=1S/C8H7N3.CH3B/c9-7-1-2-8-6(3-7)4-10-5-11-8;1-2/h1-5H,9H2;1H3. The van der Waals surface area contributed by atoms with Crippen molar-refractivity contribution in [1.82, 2.24) is 9.97 Å². The second-order valence-electron chi connectivity index (χ2n) is 2.34. The Hall–Kier alpha value is -1.58. The SMILES string of the molecule is Nc1ccc2ncncc2c1.[B]C. The number of hydrogen-bond acceptors (Lipinski definition) is 3. The van der Waals surface area contributed by atoms with Crippen LogP contribution in [0.1, 0.15) is 0 Å². The summed E-state index contributed by atoms with van der Waals surface area (Å²) in [4.78, 5) is 7.94. The van der Waals surface area contributed by atoms with Crippen molar-refractivity contribution in [2.75, 3.05) is 5.73 Å². The van der Waals surface area contributed by atoms with Crippen LogP contribution in [0, 0.1) is 0 Å². The van der Waals surface area contributed by atoms with Crippen molar-refractivity contribution in [2.45, 2.75) is 6.82 Å². The summed E-state index contributed by atoms with van der Waals surface area (Å²) in [5.41, 5.74) is 7.24. The number of fused-ring (bicyclic) bond motifs is 1. The van der Waals surface area contributed by atoms with Gasteiger partial charge in [0.1, 0.15) is 6.33 Å². The van der Waals surface area contributed by atoms with E-state index >= 15 is 0 Å². The van der Waals surface area contributed by atoms with Crippen LogP contribution in [0.3, 0.4) is 0 Å². The minimum absolute atomic E-state index is 0.743. The highest BCUT2D eigenvalue weighted by atomic mass is 14.8. The molecule has 2 aromatic rings. The third-order valence-electron chi connectivity index (χ3n) is 1.53. The number of rotatable bonds is 0. The topological polar surface area (TPSA) is 51.8 Å². The molecule has 0 saturated carbocycles. The molecular weight excluding hydrogens is 161 g/mol. The molecule has 0 fully saturated rings. The molecule has 2 N–H and O–H groups in total. The predicted octanol–water partition coefficient (Wildman–Crippen LogP) is 1.41. The normalized spacial score (nSPS) is 9.00. The summed E-state index contributed by atoms with van der Waals surface area (Å²) in [6.07, 6.45) is 3.28. The second kappa shape index (κ2) is 4.45. The quantitative estimate of drug-likeness (QED) is 0.481. The lowest BCUT2D eigenvalue weighted by atomic mass is 10.2. The van der Waals surface area contributed by atoms with Crippen molar-refractivity contribution in [3.63, 3.8) is 0 Å². The van der Waals surface area contributed by atoms with Gasteiger partial charge < -0.3 is 5.73 Å². The fraction of sp³-hybridized carbons (Fsp3) is 0.111. The van der Waals surface area contributed by atoms with Crippen molar-refractivity contribution >= 4 is 24.4 Å². The number of nitrogens with two attached hydrogens (primary N) is 1. The van der Waals surface area contributed by atoms with Gasteiger partial charge >= 0.3 is 0 Å². The minimum Gasteiger partial charge on any atom is -0.399 e. The van der Waals surface area contributed by atoms with E-state index in [0.29, 0.717) is 0 Å². The molecule has 0 spiro atoms. The first-order valence-electron chi connectivity index (χ1n) is 3.89. The smallest absolute Gasteiger partial charge is 0.116 e. The minimum atomic E-state index is 0.743. The molecule has 2 radical (unpaired) electrons. The third-order valence-corrected chi connectivity index (χ3v) is 1.53. The highest BCUT2D eigenvalue weighted by Crippen LogP contribution is 2.12. The maximum atomic E-state index is 5.57. The third kappa shape index (κ3) is 2.18. The van der Waals surface area contributed by atoms with Crippen molar-refractivity contribution in [1.29, 1.82) is 0 Å². The van der Waals surface area contributed by atoms with Crippen LogP contribution in [0.5, 0.6) is 0 Å². The Morgan fingerprint density at radius 1 is 1.31 bits per heavy atom. The Kier molecular flexibility index (Phi) is 3.26. The summed E-state index contributed by atoms with van der Waals surface area (Å²) in [7, 11) is 4.50. The van der Waals surface area contributed by atoms with Gasteiger partial charge in [-0.2, -0.15) is 0 Å². The lowest BCUT2D eigenvalue weighted by molar-refractivity contribution is 1.22. The van der Waals surface area contributed by atoms with Crippen LogP contribution in [-0.2, 0) is 0 Å². The maximum Gasteiger partial charge on any atom is 0.116 e. The van der Waals surface area contributed by atoms with Crippen LogP contribution >= 0.6 is 0 Å². The lowest BCUT2D eigenvalue weighted by Gasteiger charge is -1.95. The summed E-state index contributed by atoms with van der Waals surface area (Å²) in [6.45, 7) is 1.50. The molecule has 1 aromatic heterocycles. The van der Waals surface area contributed by atoms with E-state index in [4.69, 9.17) is 5.73 Å². The second-order valence-corrected chi connectivity index (χ2v) is 2.34. The van der Waals surface area contributed by atoms with Crippen molar-refractivity contribution in [3.8, 4) is 0 Å². The molecule has 4 heteroatoms. The van der Waals surface area contributed by atoms with E-state index in [-0.39, 0.29) is 0 Å². The van der Waals surface area contributed by atoms with Gasteiger partial charge in [-0.1, -0.05) is 6.82 Å². The Labute approximate surface area is 78.4 Å². The molecule has 1 heterocycles. The molecule has 1 aromatic carbocycles. The average molecular weight is 171 g/mol. The summed E-state index contributed by atoms with van der Waals surface area (Å²) >= 11 is 0. The number of nitrogen functional groups attached to an aromatic ring is 1. The van der Waals surface area contributed by atoms with E-state index < -0.39 is 0 Å². The van der Waals surface area contributed by atoms with Gasteiger partial charge in [-0.05, 0) is 18.2 Å². The van der Waals surface area contributed by atoms with Gasteiger partial charge in [0.05, 0.1) is 13.4 Å². The molecule has 0 unspecified atom stereocenters. The van der Waals surface area contributed by atoms with Crippen LogP contribution in [0.15, 0.2) is 30.7 Å². The van der Waals surface area contributed by atoms with Gasteiger partial charge in [-0.3, -0.25) is 0 Å². The first-order valence-corrected chi connectivity index (χ1v) is 3.89. The average Bonchev–Trinajstić information content (AvgIpc) is 2.21. The zero-order valence-electron chi connectivity index (χ0n) is 7.44. The van der Waals surface area contributed by atoms with Gasteiger partial charge in [-0.25, -0.2) is 9.97 Å². The fourth-order valence-electron chi connectivity index (χ4n) is 1.00. The highest BCUT2D eigenvalue weighted by Gasteiger charge is 1.92. The van der Waals surface area contributed by atoms with Crippen LogP contribution in [0.25, 0.3) is 10.9 Å². The molecule has 0 atom stereocenters. The molecule has 0 amide bonds. The van der Waals surface area contributed by atoms with Gasteiger partial charge in [0.25, 0.3) is 0 Å².